The number of hydrogen-bond acceptors (Lipinski definition) is 2. The van der Waals surface area contributed by atoms with Crippen molar-refractivity contribution >= 4 is 26.8 Å². The van der Waals surface area contributed by atoms with E-state index in [-0.39, 0.29) is 0 Å². The van der Waals surface area contributed by atoms with E-state index in [9.17, 15) is 0 Å². The number of nitrogens with zero attached hydrogens (tertiary/aromatic N) is 3. The number of aromatic nitrogens is 3. The van der Waals surface area contributed by atoms with Crippen LogP contribution in [0.25, 0.3) is 10.9 Å². The normalized spacial score (nSPS) is 10.9. The molecule has 3 rings (SSSR count). The van der Waals surface area contributed by atoms with E-state index < -0.39 is 0 Å². The summed E-state index contributed by atoms with van der Waals surface area (Å²) in [6.45, 7) is 0.700. The lowest BCUT2D eigenvalue weighted by molar-refractivity contribution is 0.771. The molecule has 0 fully saturated rings. The highest BCUT2D eigenvalue weighted by atomic mass is 79.9. The number of hydrogen-bond donors (Lipinski definition) is 0. The van der Waals surface area contributed by atoms with Crippen LogP contribution < -0.4 is 0 Å². The van der Waals surface area contributed by atoms with E-state index in [1.54, 1.807) is 12.4 Å². The van der Waals surface area contributed by atoms with Gasteiger partial charge in [0.15, 0.2) is 0 Å². The molecule has 0 aliphatic rings. The van der Waals surface area contributed by atoms with Crippen LogP contribution in [0.1, 0.15) is 5.82 Å². The van der Waals surface area contributed by atoms with Crippen LogP contribution in [0.5, 0.6) is 0 Å². The maximum absolute atomic E-state index is 4.24. The molecule has 0 aliphatic carbocycles. The Hall–Kier alpha value is -1.68. The maximum Gasteiger partial charge on any atom is 0.147 e. The molecule has 2 heterocycles. The van der Waals surface area contributed by atoms with Gasteiger partial charge in [-0.1, -0.05) is 15.9 Å². The predicted octanol–water partition coefficient (Wildman–Crippen LogP) is 3.24. The van der Waals surface area contributed by atoms with Crippen LogP contribution in [0.2, 0.25) is 0 Å². The Morgan fingerprint density at radius 1 is 1.12 bits per heavy atom. The Bertz CT molecular complexity index is 646. The first-order valence-electron chi connectivity index (χ1n) is 5.33. The fourth-order valence-corrected chi connectivity index (χ4v) is 2.25. The lowest BCUT2D eigenvalue weighted by Crippen LogP contribution is -2.01. The molecule has 0 N–H and O–H groups in total. The molecule has 3 aromatic rings. The third kappa shape index (κ3) is 2.08. The lowest BCUT2D eigenvalue weighted by Gasteiger charge is -2.03. The molecule has 0 radical (unpaired) electrons. The van der Waals surface area contributed by atoms with Gasteiger partial charge in [0.25, 0.3) is 0 Å². The third-order valence-corrected chi connectivity index (χ3v) is 3.16. The van der Waals surface area contributed by atoms with Crippen LogP contribution in [-0.4, -0.2) is 14.5 Å². The lowest BCUT2D eigenvalue weighted by atomic mass is 10.2. The SMILES string of the molecule is Brc1ccc2c(ccn2Cc2ncccn2)c1. The maximum atomic E-state index is 4.24. The van der Waals surface area contributed by atoms with Crippen LogP contribution in [0, 0.1) is 0 Å². The molecular weight excluding hydrogens is 278 g/mol. The van der Waals surface area contributed by atoms with Gasteiger partial charge in [-0.2, -0.15) is 0 Å². The second-order valence-corrected chi connectivity index (χ2v) is 4.73. The summed E-state index contributed by atoms with van der Waals surface area (Å²) in [5, 5.41) is 1.22. The average molecular weight is 288 g/mol. The van der Waals surface area contributed by atoms with Gasteiger partial charge in [0, 0.05) is 34.0 Å². The minimum absolute atomic E-state index is 0.700. The molecule has 0 aliphatic heterocycles. The topological polar surface area (TPSA) is 30.7 Å². The van der Waals surface area contributed by atoms with Crippen LogP contribution in [0.4, 0.5) is 0 Å². The summed E-state index contributed by atoms with van der Waals surface area (Å²) in [4.78, 5) is 8.47. The Labute approximate surface area is 107 Å². The van der Waals surface area contributed by atoms with Gasteiger partial charge in [-0.05, 0) is 30.3 Å². The van der Waals surface area contributed by atoms with Crippen molar-refractivity contribution in [3.8, 4) is 0 Å². The molecule has 2 aromatic heterocycles. The first kappa shape index (κ1) is 10.5. The summed E-state index contributed by atoms with van der Waals surface area (Å²) in [5.74, 6) is 0.827. The summed E-state index contributed by atoms with van der Waals surface area (Å²) < 4.78 is 3.25. The summed E-state index contributed by atoms with van der Waals surface area (Å²) in [5.41, 5.74) is 1.20. The zero-order chi connectivity index (χ0) is 11.7. The Balaban J connectivity index is 2.01. The Morgan fingerprint density at radius 2 is 1.94 bits per heavy atom. The van der Waals surface area contributed by atoms with Crippen molar-refractivity contribution in [1.29, 1.82) is 0 Å². The Morgan fingerprint density at radius 3 is 2.76 bits per heavy atom. The van der Waals surface area contributed by atoms with Crippen molar-refractivity contribution in [3.05, 3.63) is 59.2 Å². The Kier molecular flexibility index (Phi) is 2.65. The van der Waals surface area contributed by atoms with Crippen LogP contribution in [-0.2, 0) is 6.54 Å². The van der Waals surface area contributed by atoms with Gasteiger partial charge in [0.1, 0.15) is 5.82 Å². The van der Waals surface area contributed by atoms with Crippen molar-refractivity contribution in [3.63, 3.8) is 0 Å². The van der Waals surface area contributed by atoms with Gasteiger partial charge < -0.3 is 4.57 Å². The highest BCUT2D eigenvalue weighted by molar-refractivity contribution is 9.10. The number of rotatable bonds is 2. The third-order valence-electron chi connectivity index (χ3n) is 2.66. The summed E-state index contributed by atoms with van der Waals surface area (Å²) >= 11 is 3.47. The zero-order valence-corrected chi connectivity index (χ0v) is 10.6. The molecule has 17 heavy (non-hydrogen) atoms. The second-order valence-electron chi connectivity index (χ2n) is 3.81. The summed E-state index contributed by atoms with van der Waals surface area (Å²) in [6, 6.07) is 10.2. The van der Waals surface area contributed by atoms with E-state index in [0.29, 0.717) is 6.54 Å². The first-order chi connectivity index (χ1) is 8.33. The fraction of sp³-hybridized carbons (Fsp3) is 0.0769. The molecule has 1 aromatic carbocycles. The predicted molar refractivity (Wildman–Crippen MR) is 70.8 cm³/mol. The quantitative estimate of drug-likeness (QED) is 0.724. The molecule has 0 atom stereocenters. The van der Waals surface area contributed by atoms with E-state index in [0.717, 1.165) is 10.3 Å². The van der Waals surface area contributed by atoms with Crippen molar-refractivity contribution < 1.29 is 0 Å². The van der Waals surface area contributed by atoms with Crippen molar-refractivity contribution in [1.82, 2.24) is 14.5 Å². The van der Waals surface area contributed by atoms with Crippen LogP contribution in [0.15, 0.2) is 53.4 Å². The molecule has 0 saturated carbocycles. The summed E-state index contributed by atoms with van der Waals surface area (Å²) in [7, 11) is 0. The molecule has 0 bridgehead atoms. The standard InChI is InChI=1S/C13H10BrN3/c14-11-2-3-12-10(8-11)4-7-17(12)9-13-15-5-1-6-16-13/h1-8H,9H2. The average Bonchev–Trinajstić information content (AvgIpc) is 2.73. The van der Waals surface area contributed by atoms with Gasteiger partial charge >= 0.3 is 0 Å². The number of benzene rings is 1. The molecule has 0 amide bonds. The van der Waals surface area contributed by atoms with Gasteiger partial charge in [-0.15, -0.1) is 0 Å². The number of halogens is 1. The van der Waals surface area contributed by atoms with E-state index >= 15 is 0 Å². The molecule has 0 spiro atoms. The molecule has 84 valence electrons. The van der Waals surface area contributed by atoms with Crippen LogP contribution >= 0.6 is 15.9 Å². The fourth-order valence-electron chi connectivity index (χ4n) is 1.87. The number of fused-ring (bicyclic) bond motifs is 1. The molecule has 0 unspecified atom stereocenters. The van der Waals surface area contributed by atoms with Crippen molar-refractivity contribution in [2.45, 2.75) is 6.54 Å². The molecule has 0 saturated heterocycles. The smallest absolute Gasteiger partial charge is 0.147 e. The molecule has 4 heteroatoms. The van der Waals surface area contributed by atoms with Gasteiger partial charge in [-0.25, -0.2) is 9.97 Å². The first-order valence-corrected chi connectivity index (χ1v) is 6.12. The van der Waals surface area contributed by atoms with Crippen LogP contribution in [0.3, 0.4) is 0 Å². The highest BCUT2D eigenvalue weighted by Gasteiger charge is 2.03. The minimum Gasteiger partial charge on any atom is -0.340 e. The van der Waals surface area contributed by atoms with E-state index in [2.05, 4.69) is 54.9 Å². The largest absolute Gasteiger partial charge is 0.340 e. The zero-order valence-electron chi connectivity index (χ0n) is 9.05. The monoisotopic (exact) mass is 287 g/mol. The molecular formula is C13H10BrN3. The van der Waals surface area contributed by atoms with E-state index in [1.165, 1.54) is 10.9 Å². The molecule has 3 nitrogen and oxygen atoms in total. The van der Waals surface area contributed by atoms with E-state index in [4.69, 9.17) is 0 Å². The van der Waals surface area contributed by atoms with Gasteiger partial charge in [0.2, 0.25) is 0 Å². The second kappa shape index (κ2) is 4.30. The van der Waals surface area contributed by atoms with Crippen molar-refractivity contribution in [2.24, 2.45) is 0 Å². The van der Waals surface area contributed by atoms with Gasteiger partial charge in [-0.3, -0.25) is 0 Å². The highest BCUT2D eigenvalue weighted by Crippen LogP contribution is 2.21. The minimum atomic E-state index is 0.700. The summed E-state index contributed by atoms with van der Waals surface area (Å²) in [6.07, 6.45) is 5.60. The van der Waals surface area contributed by atoms with Gasteiger partial charge in [0.05, 0.1) is 6.54 Å². The van der Waals surface area contributed by atoms with E-state index in [1.807, 2.05) is 12.1 Å². The van der Waals surface area contributed by atoms with Crippen molar-refractivity contribution in [2.75, 3.05) is 0 Å².